The zero-order valence-electron chi connectivity index (χ0n) is 11.6. The first-order valence-electron chi connectivity index (χ1n) is 6.72. The summed E-state index contributed by atoms with van der Waals surface area (Å²) in [5.74, 6) is -2.02. The first-order chi connectivity index (χ1) is 10.5. The average molecular weight is 337 g/mol. The quantitative estimate of drug-likeness (QED) is 0.789. The van der Waals surface area contributed by atoms with Gasteiger partial charge in [0, 0.05) is 12.0 Å². The first-order valence-corrected chi connectivity index (χ1v) is 7.48. The van der Waals surface area contributed by atoms with Crippen LogP contribution in [0.1, 0.15) is 22.3 Å². The minimum absolute atomic E-state index is 0.0812. The fraction of sp³-hybridized carbons (Fsp3) is 0.176. The summed E-state index contributed by atoms with van der Waals surface area (Å²) in [5.41, 5.74) is 1.26. The van der Waals surface area contributed by atoms with Crippen LogP contribution in [0.4, 0.5) is 0 Å². The van der Waals surface area contributed by atoms with Gasteiger partial charge in [-0.25, -0.2) is 0 Å². The SMILES string of the molecule is O=C(C[C@H](Cc1ccccc1)C(=O)O)c1ccc(Cl)c(Cl)c1. The first kappa shape index (κ1) is 16.5. The highest BCUT2D eigenvalue weighted by molar-refractivity contribution is 6.42. The molecule has 114 valence electrons. The number of hydrogen-bond acceptors (Lipinski definition) is 2. The van der Waals surface area contributed by atoms with Gasteiger partial charge in [-0.05, 0) is 30.2 Å². The molecule has 0 saturated heterocycles. The Kier molecular flexibility index (Phi) is 5.58. The van der Waals surface area contributed by atoms with Crippen LogP contribution in [0.2, 0.25) is 10.0 Å². The second kappa shape index (κ2) is 7.43. The van der Waals surface area contributed by atoms with Crippen LogP contribution in [0.15, 0.2) is 48.5 Å². The van der Waals surface area contributed by atoms with Crippen LogP contribution >= 0.6 is 23.2 Å². The van der Waals surface area contributed by atoms with Crippen LogP contribution in [-0.2, 0) is 11.2 Å². The van der Waals surface area contributed by atoms with E-state index in [-0.39, 0.29) is 17.2 Å². The summed E-state index contributed by atoms with van der Waals surface area (Å²) in [6.45, 7) is 0. The third kappa shape index (κ3) is 4.33. The molecule has 22 heavy (non-hydrogen) atoms. The molecule has 2 rings (SSSR count). The third-order valence-electron chi connectivity index (χ3n) is 3.35. The number of halogens is 2. The van der Waals surface area contributed by atoms with E-state index < -0.39 is 11.9 Å². The average Bonchev–Trinajstić information content (AvgIpc) is 2.50. The number of benzene rings is 2. The number of aliphatic carboxylic acids is 1. The highest BCUT2D eigenvalue weighted by Gasteiger charge is 2.22. The monoisotopic (exact) mass is 336 g/mol. The van der Waals surface area contributed by atoms with Gasteiger partial charge in [0.2, 0.25) is 0 Å². The Bertz CT molecular complexity index is 684. The lowest BCUT2D eigenvalue weighted by Crippen LogP contribution is -2.20. The van der Waals surface area contributed by atoms with Gasteiger partial charge in [-0.15, -0.1) is 0 Å². The van der Waals surface area contributed by atoms with Crippen LogP contribution in [-0.4, -0.2) is 16.9 Å². The standard InChI is InChI=1S/C17H14Cl2O3/c18-14-7-6-12(9-15(14)19)16(20)10-13(17(21)22)8-11-4-2-1-3-5-11/h1-7,9,13H,8,10H2,(H,21,22)/t13-/m0/s1. The van der Waals surface area contributed by atoms with Crippen LogP contribution in [0.25, 0.3) is 0 Å². The molecule has 0 radical (unpaired) electrons. The van der Waals surface area contributed by atoms with Crippen molar-refractivity contribution in [3.63, 3.8) is 0 Å². The fourth-order valence-corrected chi connectivity index (χ4v) is 2.45. The van der Waals surface area contributed by atoms with Gasteiger partial charge in [-0.3, -0.25) is 9.59 Å². The second-order valence-electron chi connectivity index (χ2n) is 4.98. The van der Waals surface area contributed by atoms with Gasteiger partial charge in [-0.1, -0.05) is 53.5 Å². The Morgan fingerprint density at radius 3 is 2.27 bits per heavy atom. The molecule has 1 N–H and O–H groups in total. The number of carboxylic acids is 1. The van der Waals surface area contributed by atoms with E-state index in [0.717, 1.165) is 5.56 Å². The number of Topliss-reactive ketones (excluding diaryl/α,β-unsaturated/α-hetero) is 1. The molecule has 0 aromatic heterocycles. The molecule has 2 aromatic rings. The van der Waals surface area contributed by atoms with Crippen LogP contribution < -0.4 is 0 Å². The molecule has 5 heteroatoms. The largest absolute Gasteiger partial charge is 0.481 e. The second-order valence-corrected chi connectivity index (χ2v) is 5.80. The molecule has 0 heterocycles. The highest BCUT2D eigenvalue weighted by atomic mass is 35.5. The lowest BCUT2D eigenvalue weighted by Gasteiger charge is -2.12. The molecule has 0 bridgehead atoms. The van der Waals surface area contributed by atoms with E-state index in [1.165, 1.54) is 12.1 Å². The van der Waals surface area contributed by atoms with Crippen LogP contribution in [0.3, 0.4) is 0 Å². The summed E-state index contributed by atoms with van der Waals surface area (Å²) < 4.78 is 0. The van der Waals surface area contributed by atoms with Crippen molar-refractivity contribution in [2.45, 2.75) is 12.8 Å². The number of carboxylic acid groups (broad SMARTS) is 1. The number of ketones is 1. The molecular weight excluding hydrogens is 323 g/mol. The van der Waals surface area contributed by atoms with E-state index in [4.69, 9.17) is 23.2 Å². The maximum Gasteiger partial charge on any atom is 0.307 e. The van der Waals surface area contributed by atoms with E-state index in [0.29, 0.717) is 17.0 Å². The van der Waals surface area contributed by atoms with Gasteiger partial charge < -0.3 is 5.11 Å². The predicted molar refractivity (Wildman–Crippen MR) is 86.7 cm³/mol. The molecule has 0 aliphatic heterocycles. The molecule has 0 aliphatic carbocycles. The van der Waals surface area contributed by atoms with Crippen molar-refractivity contribution in [2.24, 2.45) is 5.92 Å². The highest BCUT2D eigenvalue weighted by Crippen LogP contribution is 2.24. The molecule has 0 fully saturated rings. The van der Waals surface area contributed by atoms with Gasteiger partial charge in [0.25, 0.3) is 0 Å². The van der Waals surface area contributed by atoms with Gasteiger partial charge in [0.1, 0.15) is 0 Å². The summed E-state index contributed by atoms with van der Waals surface area (Å²) in [6.07, 6.45) is 0.228. The predicted octanol–water partition coefficient (Wildman–Crippen LogP) is 4.51. The molecule has 0 saturated carbocycles. The smallest absolute Gasteiger partial charge is 0.307 e. The minimum atomic E-state index is -0.989. The summed E-state index contributed by atoms with van der Waals surface area (Å²) in [7, 11) is 0. The Labute approximate surface area is 138 Å². The normalized spacial score (nSPS) is 11.9. The van der Waals surface area contributed by atoms with Gasteiger partial charge in [0.05, 0.1) is 16.0 Å². The van der Waals surface area contributed by atoms with Gasteiger partial charge in [0.15, 0.2) is 5.78 Å². The van der Waals surface area contributed by atoms with E-state index in [1.54, 1.807) is 6.07 Å². The molecule has 0 unspecified atom stereocenters. The van der Waals surface area contributed by atoms with Crippen molar-refractivity contribution in [1.29, 1.82) is 0 Å². The molecule has 1 atom stereocenters. The van der Waals surface area contributed by atoms with Crippen molar-refractivity contribution in [1.82, 2.24) is 0 Å². The lowest BCUT2D eigenvalue weighted by molar-refractivity contribution is -0.141. The summed E-state index contributed by atoms with van der Waals surface area (Å²) >= 11 is 11.7. The summed E-state index contributed by atoms with van der Waals surface area (Å²) in [6, 6.07) is 13.8. The number of carbonyl (C=O) groups excluding carboxylic acids is 1. The van der Waals surface area contributed by atoms with Crippen LogP contribution in [0.5, 0.6) is 0 Å². The lowest BCUT2D eigenvalue weighted by atomic mass is 9.92. The zero-order valence-corrected chi connectivity index (χ0v) is 13.1. The van der Waals surface area contributed by atoms with Crippen molar-refractivity contribution >= 4 is 35.0 Å². The molecule has 3 nitrogen and oxygen atoms in total. The molecular formula is C17H14Cl2O3. The Morgan fingerprint density at radius 1 is 1.00 bits per heavy atom. The zero-order chi connectivity index (χ0) is 16.1. The summed E-state index contributed by atoms with van der Waals surface area (Å²) in [4.78, 5) is 23.6. The summed E-state index contributed by atoms with van der Waals surface area (Å²) in [5, 5.41) is 9.97. The third-order valence-corrected chi connectivity index (χ3v) is 4.09. The van der Waals surface area contributed by atoms with E-state index in [9.17, 15) is 14.7 Å². The van der Waals surface area contributed by atoms with E-state index in [1.807, 2.05) is 30.3 Å². The number of rotatable bonds is 6. The fourth-order valence-electron chi connectivity index (χ4n) is 2.16. The van der Waals surface area contributed by atoms with Gasteiger partial charge in [-0.2, -0.15) is 0 Å². The number of carbonyl (C=O) groups is 2. The molecule has 2 aromatic carbocycles. The Morgan fingerprint density at radius 2 is 1.68 bits per heavy atom. The van der Waals surface area contributed by atoms with E-state index in [2.05, 4.69) is 0 Å². The van der Waals surface area contributed by atoms with Crippen molar-refractivity contribution in [2.75, 3.05) is 0 Å². The number of hydrogen-bond donors (Lipinski definition) is 1. The van der Waals surface area contributed by atoms with E-state index >= 15 is 0 Å². The molecule has 0 amide bonds. The molecule has 0 spiro atoms. The maximum atomic E-state index is 12.2. The minimum Gasteiger partial charge on any atom is -0.481 e. The van der Waals surface area contributed by atoms with Crippen molar-refractivity contribution < 1.29 is 14.7 Å². The van der Waals surface area contributed by atoms with Crippen molar-refractivity contribution in [3.8, 4) is 0 Å². The van der Waals surface area contributed by atoms with Gasteiger partial charge >= 0.3 is 5.97 Å². The Balaban J connectivity index is 2.12. The maximum absolute atomic E-state index is 12.2. The topological polar surface area (TPSA) is 54.4 Å². The molecule has 0 aliphatic rings. The van der Waals surface area contributed by atoms with Crippen LogP contribution in [0, 0.1) is 5.92 Å². The Hall–Kier alpha value is -1.84. The van der Waals surface area contributed by atoms with Crippen molar-refractivity contribution in [3.05, 3.63) is 69.7 Å².